The fraction of sp³-hybridized carbons (Fsp3) is 0.867. The summed E-state index contributed by atoms with van der Waals surface area (Å²) in [6.07, 6.45) is 6.06. The van der Waals surface area contributed by atoms with E-state index < -0.39 is 5.97 Å². The lowest BCUT2D eigenvalue weighted by molar-refractivity contribution is -0.137. The highest BCUT2D eigenvalue weighted by atomic mass is 16.4. The van der Waals surface area contributed by atoms with Crippen molar-refractivity contribution in [2.75, 3.05) is 34.2 Å². The lowest BCUT2D eigenvalue weighted by Crippen LogP contribution is -2.58. The number of likely N-dealkylation sites (N-methyl/N-ethyl adjacent to an activating group) is 2. The molecule has 0 unspecified atom stereocenters. The Morgan fingerprint density at radius 3 is 2.29 bits per heavy atom. The first kappa shape index (κ1) is 17.8. The monoisotopic (exact) mass is 299 g/mol. The molecule has 0 radical (unpaired) electrons. The Bertz CT molecular complexity index is 354. The van der Waals surface area contributed by atoms with Crippen LogP contribution in [0, 0.1) is 0 Å². The van der Waals surface area contributed by atoms with Crippen LogP contribution in [0.25, 0.3) is 0 Å². The lowest BCUT2D eigenvalue weighted by atomic mass is 9.75. The van der Waals surface area contributed by atoms with Gasteiger partial charge in [0.1, 0.15) is 0 Å². The molecule has 0 aromatic heterocycles. The van der Waals surface area contributed by atoms with Gasteiger partial charge >= 0.3 is 12.0 Å². The predicted molar refractivity (Wildman–Crippen MR) is 82.4 cm³/mol. The van der Waals surface area contributed by atoms with Gasteiger partial charge in [0, 0.05) is 32.1 Å². The molecule has 1 fully saturated rings. The molecular weight excluding hydrogens is 270 g/mol. The van der Waals surface area contributed by atoms with Crippen molar-refractivity contribution >= 4 is 12.0 Å². The lowest BCUT2D eigenvalue weighted by Gasteiger charge is -2.49. The third-order valence-electron chi connectivity index (χ3n) is 4.45. The number of nitrogens with zero attached hydrogens (tertiary/aromatic N) is 2. The van der Waals surface area contributed by atoms with E-state index in [0.717, 1.165) is 32.2 Å². The van der Waals surface area contributed by atoms with Gasteiger partial charge in [0.05, 0.1) is 0 Å². The molecule has 122 valence electrons. The van der Waals surface area contributed by atoms with Crippen molar-refractivity contribution in [2.45, 2.75) is 50.5 Å². The van der Waals surface area contributed by atoms with Crippen LogP contribution in [0.15, 0.2) is 0 Å². The van der Waals surface area contributed by atoms with Crippen molar-refractivity contribution in [3.8, 4) is 0 Å². The van der Waals surface area contributed by atoms with E-state index in [1.165, 1.54) is 6.42 Å². The van der Waals surface area contributed by atoms with E-state index in [2.05, 4.69) is 24.3 Å². The molecule has 0 aromatic carbocycles. The molecule has 6 nitrogen and oxygen atoms in total. The number of rotatable bonds is 9. The summed E-state index contributed by atoms with van der Waals surface area (Å²) < 4.78 is 0. The zero-order chi connectivity index (χ0) is 15.9. The Hall–Kier alpha value is -1.30. The molecule has 2 N–H and O–H groups in total. The minimum absolute atomic E-state index is 0.0404. The molecule has 1 rings (SSSR count). The van der Waals surface area contributed by atoms with Crippen LogP contribution in [0.5, 0.6) is 0 Å². The highest BCUT2D eigenvalue weighted by Crippen LogP contribution is 2.36. The van der Waals surface area contributed by atoms with Crippen molar-refractivity contribution in [1.29, 1.82) is 0 Å². The van der Waals surface area contributed by atoms with E-state index in [0.29, 0.717) is 13.0 Å². The van der Waals surface area contributed by atoms with Crippen molar-refractivity contribution in [3.05, 3.63) is 0 Å². The Balaban J connectivity index is 2.18. The number of carbonyl (C=O) groups excluding carboxylic acids is 1. The second-order valence-electron chi connectivity index (χ2n) is 6.26. The number of carbonyl (C=O) groups is 2. The molecule has 21 heavy (non-hydrogen) atoms. The van der Waals surface area contributed by atoms with E-state index >= 15 is 0 Å². The molecule has 0 atom stereocenters. The van der Waals surface area contributed by atoms with Crippen LogP contribution in [-0.2, 0) is 4.79 Å². The molecular formula is C15H29N3O3. The van der Waals surface area contributed by atoms with Gasteiger partial charge in [-0.2, -0.15) is 0 Å². The smallest absolute Gasteiger partial charge is 0.317 e. The second-order valence-corrected chi connectivity index (χ2v) is 6.26. The zero-order valence-corrected chi connectivity index (χ0v) is 13.5. The van der Waals surface area contributed by atoms with Crippen LogP contribution in [0.1, 0.15) is 44.9 Å². The molecule has 0 aliphatic heterocycles. The highest BCUT2D eigenvalue weighted by Gasteiger charge is 2.40. The maximum atomic E-state index is 12.0. The topological polar surface area (TPSA) is 72.9 Å². The number of amides is 2. The Morgan fingerprint density at radius 2 is 1.81 bits per heavy atom. The maximum absolute atomic E-state index is 12.0. The van der Waals surface area contributed by atoms with Crippen molar-refractivity contribution in [3.63, 3.8) is 0 Å². The van der Waals surface area contributed by atoms with Crippen molar-refractivity contribution in [1.82, 2.24) is 15.1 Å². The minimum atomic E-state index is -0.756. The first-order valence-corrected chi connectivity index (χ1v) is 7.75. The molecule has 1 aliphatic rings. The van der Waals surface area contributed by atoms with Gasteiger partial charge in [0.2, 0.25) is 0 Å². The van der Waals surface area contributed by atoms with E-state index in [-0.39, 0.29) is 18.0 Å². The number of aliphatic carboxylic acids is 1. The van der Waals surface area contributed by atoms with E-state index in [1.807, 2.05) is 7.05 Å². The van der Waals surface area contributed by atoms with Gasteiger partial charge in [-0.25, -0.2) is 4.79 Å². The molecule has 0 aromatic rings. The number of carboxylic acid groups (broad SMARTS) is 1. The molecule has 1 aliphatic carbocycles. The third-order valence-corrected chi connectivity index (χ3v) is 4.45. The maximum Gasteiger partial charge on any atom is 0.317 e. The molecule has 0 bridgehead atoms. The molecule has 0 heterocycles. The summed E-state index contributed by atoms with van der Waals surface area (Å²) in [5, 5.41) is 11.4. The predicted octanol–water partition coefficient (Wildman–Crippen LogP) is 1.76. The van der Waals surface area contributed by atoms with Gasteiger partial charge in [-0.3, -0.25) is 4.79 Å². The highest BCUT2D eigenvalue weighted by molar-refractivity contribution is 5.73. The van der Waals surface area contributed by atoms with Crippen LogP contribution in [0.3, 0.4) is 0 Å². The van der Waals surface area contributed by atoms with Crippen LogP contribution in [0.2, 0.25) is 0 Å². The second kappa shape index (κ2) is 8.22. The fourth-order valence-electron chi connectivity index (χ4n) is 2.75. The largest absolute Gasteiger partial charge is 0.481 e. The summed E-state index contributed by atoms with van der Waals surface area (Å²) >= 11 is 0. The van der Waals surface area contributed by atoms with Gasteiger partial charge in [-0.15, -0.1) is 0 Å². The average molecular weight is 299 g/mol. The molecule has 2 amide bonds. The summed E-state index contributed by atoms with van der Waals surface area (Å²) in [4.78, 5) is 26.4. The number of hydrogen-bond acceptors (Lipinski definition) is 3. The average Bonchev–Trinajstić information content (AvgIpc) is 2.36. The van der Waals surface area contributed by atoms with E-state index in [9.17, 15) is 9.59 Å². The van der Waals surface area contributed by atoms with Crippen LogP contribution in [-0.4, -0.2) is 66.7 Å². The zero-order valence-electron chi connectivity index (χ0n) is 13.5. The van der Waals surface area contributed by atoms with Gasteiger partial charge in [-0.1, -0.05) is 6.42 Å². The van der Waals surface area contributed by atoms with Gasteiger partial charge in [0.25, 0.3) is 0 Å². The number of urea groups is 1. The molecule has 0 spiro atoms. The van der Waals surface area contributed by atoms with Crippen molar-refractivity contribution in [2.24, 2.45) is 0 Å². The Morgan fingerprint density at radius 1 is 1.14 bits per heavy atom. The first-order valence-electron chi connectivity index (χ1n) is 7.75. The number of carboxylic acids is 1. The summed E-state index contributed by atoms with van der Waals surface area (Å²) in [6, 6.07) is -0.0404. The Kier molecular flexibility index (Phi) is 6.95. The molecule has 0 saturated heterocycles. The first-order chi connectivity index (χ1) is 9.87. The standard InChI is InChI=1S/C15H29N3O3/c1-17(2)15(9-7-10-15)12-18(3)14(21)16-11-6-4-5-8-13(19)20/h4-12H2,1-3H3,(H,16,21)(H,19,20). The minimum Gasteiger partial charge on any atom is -0.481 e. The van der Waals surface area contributed by atoms with Crippen LogP contribution in [0.4, 0.5) is 4.79 Å². The molecule has 6 heteroatoms. The van der Waals surface area contributed by atoms with Gasteiger partial charge < -0.3 is 20.2 Å². The summed E-state index contributed by atoms with van der Waals surface area (Å²) in [5.41, 5.74) is 0.146. The van der Waals surface area contributed by atoms with Crippen molar-refractivity contribution < 1.29 is 14.7 Å². The van der Waals surface area contributed by atoms with Crippen LogP contribution >= 0.6 is 0 Å². The number of hydrogen-bond donors (Lipinski definition) is 2. The SMILES string of the molecule is CN(CC1(N(C)C)CCC1)C(=O)NCCCCCC(=O)O. The number of nitrogens with one attached hydrogen (secondary N) is 1. The van der Waals surface area contributed by atoms with Gasteiger partial charge in [0.15, 0.2) is 0 Å². The van der Waals surface area contributed by atoms with E-state index in [1.54, 1.807) is 4.90 Å². The van der Waals surface area contributed by atoms with Crippen LogP contribution < -0.4 is 5.32 Å². The van der Waals surface area contributed by atoms with E-state index in [4.69, 9.17) is 5.11 Å². The molecule has 1 saturated carbocycles. The summed E-state index contributed by atoms with van der Waals surface area (Å²) in [7, 11) is 5.99. The normalized spacial score (nSPS) is 16.4. The summed E-state index contributed by atoms with van der Waals surface area (Å²) in [5.74, 6) is -0.756. The summed E-state index contributed by atoms with van der Waals surface area (Å²) in [6.45, 7) is 1.36. The third kappa shape index (κ3) is 5.53. The number of unbranched alkanes of at least 4 members (excludes halogenated alkanes) is 2. The fourth-order valence-corrected chi connectivity index (χ4v) is 2.75. The Labute approximate surface area is 127 Å². The van der Waals surface area contributed by atoms with Gasteiger partial charge in [-0.05, 0) is 46.2 Å². The quantitative estimate of drug-likeness (QED) is 0.636.